The Hall–Kier alpha value is -1.31. The summed E-state index contributed by atoms with van der Waals surface area (Å²) in [4.78, 5) is 0. The fourth-order valence-corrected chi connectivity index (χ4v) is 4.14. The Balaban J connectivity index is 2.11. The molecule has 1 aliphatic rings. The van der Waals surface area contributed by atoms with Gasteiger partial charge in [0.1, 0.15) is 0 Å². The van der Waals surface area contributed by atoms with Gasteiger partial charge in [0.05, 0.1) is 13.7 Å². The van der Waals surface area contributed by atoms with Crippen LogP contribution >= 0.6 is 0 Å². The molecule has 1 fully saturated rings. The summed E-state index contributed by atoms with van der Waals surface area (Å²) < 4.78 is 39.0. The number of rotatable bonds is 7. The van der Waals surface area contributed by atoms with Crippen molar-refractivity contribution in [1.82, 2.24) is 8.61 Å². The van der Waals surface area contributed by atoms with Crippen molar-refractivity contribution >= 4 is 10.2 Å². The van der Waals surface area contributed by atoms with Crippen LogP contribution in [0, 0.1) is 0 Å². The van der Waals surface area contributed by atoms with Gasteiger partial charge in [0.2, 0.25) is 0 Å². The maximum Gasteiger partial charge on any atom is 0.282 e. The van der Waals surface area contributed by atoms with E-state index in [9.17, 15) is 8.42 Å². The van der Waals surface area contributed by atoms with E-state index in [1.807, 2.05) is 25.1 Å². The Morgan fingerprint density at radius 2 is 1.87 bits per heavy atom. The van der Waals surface area contributed by atoms with Crippen LogP contribution < -0.4 is 9.47 Å². The predicted molar refractivity (Wildman–Crippen MR) is 90.0 cm³/mol. The standard InChI is InChI=1S/C16H26N2O4S/c1-4-22-15-9-8-14(12-16(15)21-3)13-17(2)23(19,20)18-10-6-5-7-11-18/h8-9,12H,4-7,10-11,13H2,1-3H3. The molecule has 2 rings (SSSR count). The van der Waals surface area contributed by atoms with Crippen molar-refractivity contribution in [2.24, 2.45) is 0 Å². The smallest absolute Gasteiger partial charge is 0.282 e. The van der Waals surface area contributed by atoms with E-state index in [1.54, 1.807) is 18.5 Å². The number of hydrogen-bond acceptors (Lipinski definition) is 4. The van der Waals surface area contributed by atoms with Crippen LogP contribution in [0.4, 0.5) is 0 Å². The first-order valence-corrected chi connectivity index (χ1v) is 9.40. The molecule has 1 aliphatic heterocycles. The average Bonchev–Trinajstić information content (AvgIpc) is 2.57. The minimum Gasteiger partial charge on any atom is -0.493 e. The van der Waals surface area contributed by atoms with Gasteiger partial charge in [-0.1, -0.05) is 12.5 Å². The molecule has 7 heteroatoms. The Morgan fingerprint density at radius 1 is 1.17 bits per heavy atom. The summed E-state index contributed by atoms with van der Waals surface area (Å²) in [5.74, 6) is 1.29. The summed E-state index contributed by atoms with van der Waals surface area (Å²) in [6.07, 6.45) is 2.97. The third-order valence-corrected chi connectivity index (χ3v) is 5.90. The Morgan fingerprint density at radius 3 is 2.48 bits per heavy atom. The van der Waals surface area contributed by atoms with Gasteiger partial charge < -0.3 is 9.47 Å². The van der Waals surface area contributed by atoms with Crippen LogP contribution in [-0.2, 0) is 16.8 Å². The van der Waals surface area contributed by atoms with Gasteiger partial charge in [-0.05, 0) is 37.5 Å². The van der Waals surface area contributed by atoms with E-state index in [0.29, 0.717) is 37.7 Å². The van der Waals surface area contributed by atoms with Crippen LogP contribution in [0.5, 0.6) is 11.5 Å². The van der Waals surface area contributed by atoms with E-state index >= 15 is 0 Å². The maximum absolute atomic E-state index is 12.6. The van der Waals surface area contributed by atoms with Crippen LogP contribution in [0.2, 0.25) is 0 Å². The molecule has 0 unspecified atom stereocenters. The Labute approximate surface area is 139 Å². The zero-order chi connectivity index (χ0) is 16.9. The topological polar surface area (TPSA) is 59.1 Å². The van der Waals surface area contributed by atoms with E-state index in [0.717, 1.165) is 24.8 Å². The molecule has 1 aromatic rings. The molecule has 0 radical (unpaired) electrons. The van der Waals surface area contributed by atoms with E-state index in [4.69, 9.17) is 9.47 Å². The zero-order valence-corrected chi connectivity index (χ0v) is 14.9. The van der Waals surface area contributed by atoms with Gasteiger partial charge in [0, 0.05) is 26.7 Å². The van der Waals surface area contributed by atoms with Crippen LogP contribution in [-0.4, -0.2) is 50.9 Å². The molecule has 0 aromatic heterocycles. The lowest BCUT2D eigenvalue weighted by molar-refractivity contribution is 0.308. The van der Waals surface area contributed by atoms with Gasteiger partial charge in [-0.25, -0.2) is 0 Å². The molecule has 0 saturated carbocycles. The first kappa shape index (κ1) is 18.0. The molecule has 1 heterocycles. The molecule has 130 valence electrons. The van der Waals surface area contributed by atoms with Crippen LogP contribution in [0.1, 0.15) is 31.7 Å². The van der Waals surface area contributed by atoms with Crippen LogP contribution in [0.15, 0.2) is 18.2 Å². The highest BCUT2D eigenvalue weighted by Crippen LogP contribution is 2.29. The summed E-state index contributed by atoms with van der Waals surface area (Å²) in [5.41, 5.74) is 0.869. The fraction of sp³-hybridized carbons (Fsp3) is 0.625. The summed E-state index contributed by atoms with van der Waals surface area (Å²) in [6.45, 7) is 3.99. The van der Waals surface area contributed by atoms with Gasteiger partial charge in [0.15, 0.2) is 11.5 Å². The second-order valence-corrected chi connectivity index (χ2v) is 7.68. The van der Waals surface area contributed by atoms with Gasteiger partial charge in [-0.2, -0.15) is 17.0 Å². The Bertz CT molecular complexity index is 613. The molecule has 0 atom stereocenters. The second-order valence-electron chi connectivity index (χ2n) is 5.64. The van der Waals surface area contributed by atoms with Crippen LogP contribution in [0.25, 0.3) is 0 Å². The highest BCUT2D eigenvalue weighted by Gasteiger charge is 2.28. The normalized spacial score (nSPS) is 16.5. The predicted octanol–water partition coefficient (Wildman–Crippen LogP) is 2.26. The lowest BCUT2D eigenvalue weighted by atomic mass is 10.2. The average molecular weight is 342 g/mol. The fourth-order valence-electron chi connectivity index (χ4n) is 2.72. The summed E-state index contributed by atoms with van der Waals surface area (Å²) >= 11 is 0. The minimum absolute atomic E-state index is 0.307. The van der Waals surface area contributed by atoms with Crippen molar-refractivity contribution in [2.45, 2.75) is 32.7 Å². The molecule has 0 aliphatic carbocycles. The summed E-state index contributed by atoms with van der Waals surface area (Å²) in [7, 11) is -0.208. The summed E-state index contributed by atoms with van der Waals surface area (Å²) in [5, 5.41) is 0. The highest BCUT2D eigenvalue weighted by atomic mass is 32.2. The van der Waals surface area contributed by atoms with Gasteiger partial charge in [0.25, 0.3) is 10.2 Å². The largest absolute Gasteiger partial charge is 0.493 e. The molecule has 0 spiro atoms. The van der Waals surface area contributed by atoms with Gasteiger partial charge in [-0.3, -0.25) is 0 Å². The Kier molecular flexibility index (Phi) is 6.26. The number of benzene rings is 1. The summed E-state index contributed by atoms with van der Waals surface area (Å²) in [6, 6.07) is 5.52. The molecular formula is C16H26N2O4S. The molecule has 0 bridgehead atoms. The highest BCUT2D eigenvalue weighted by molar-refractivity contribution is 7.86. The first-order valence-electron chi connectivity index (χ1n) is 8.00. The van der Waals surface area contributed by atoms with Crippen molar-refractivity contribution in [3.8, 4) is 11.5 Å². The van der Waals surface area contributed by atoms with Gasteiger partial charge >= 0.3 is 0 Å². The van der Waals surface area contributed by atoms with Crippen LogP contribution in [0.3, 0.4) is 0 Å². The molecule has 0 amide bonds. The molecule has 1 saturated heterocycles. The number of piperidine rings is 1. The number of nitrogens with zero attached hydrogens (tertiary/aromatic N) is 2. The quantitative estimate of drug-likeness (QED) is 0.763. The number of ether oxygens (including phenoxy) is 2. The number of hydrogen-bond donors (Lipinski definition) is 0. The van der Waals surface area contributed by atoms with E-state index < -0.39 is 10.2 Å². The van der Waals surface area contributed by atoms with Crippen molar-refractivity contribution in [3.63, 3.8) is 0 Å². The monoisotopic (exact) mass is 342 g/mol. The van der Waals surface area contributed by atoms with Gasteiger partial charge in [-0.15, -0.1) is 0 Å². The SMILES string of the molecule is CCOc1ccc(CN(C)S(=O)(=O)N2CCCCC2)cc1OC. The van der Waals surface area contributed by atoms with Crippen molar-refractivity contribution in [3.05, 3.63) is 23.8 Å². The molecular weight excluding hydrogens is 316 g/mol. The van der Waals surface area contributed by atoms with E-state index in [1.165, 1.54) is 4.31 Å². The maximum atomic E-state index is 12.6. The van der Waals surface area contributed by atoms with E-state index in [-0.39, 0.29) is 0 Å². The third kappa shape index (κ3) is 4.37. The van der Waals surface area contributed by atoms with Crippen molar-refractivity contribution in [1.29, 1.82) is 0 Å². The van der Waals surface area contributed by atoms with Crippen molar-refractivity contribution in [2.75, 3.05) is 33.9 Å². The lowest BCUT2D eigenvalue weighted by Crippen LogP contribution is -2.44. The molecule has 0 N–H and O–H groups in total. The van der Waals surface area contributed by atoms with E-state index in [2.05, 4.69) is 0 Å². The minimum atomic E-state index is -3.41. The molecule has 6 nitrogen and oxygen atoms in total. The second kappa shape index (κ2) is 7.99. The lowest BCUT2D eigenvalue weighted by Gasteiger charge is -2.30. The third-order valence-electron chi connectivity index (χ3n) is 3.97. The molecule has 1 aromatic carbocycles. The number of methoxy groups -OCH3 is 1. The molecule has 23 heavy (non-hydrogen) atoms. The zero-order valence-electron chi connectivity index (χ0n) is 14.1. The first-order chi connectivity index (χ1) is 11.0. The van der Waals surface area contributed by atoms with Crippen molar-refractivity contribution < 1.29 is 17.9 Å².